The molecule has 2 nitrogen and oxygen atoms in total. The molecular weight excluding hydrogens is 360 g/mol. The molecule has 1 heterocycles. The van der Waals surface area contributed by atoms with E-state index in [1.54, 1.807) is 0 Å². The molecule has 0 aliphatic carbocycles. The van der Waals surface area contributed by atoms with Crippen LogP contribution in [-0.4, -0.2) is 0 Å². The summed E-state index contributed by atoms with van der Waals surface area (Å²) in [5, 5.41) is 13.5. The first-order valence-electron chi connectivity index (χ1n) is 6.78. The maximum absolute atomic E-state index is 9.45. The summed E-state index contributed by atoms with van der Waals surface area (Å²) >= 11 is 9.44. The molecule has 1 aliphatic heterocycles. The lowest BCUT2D eigenvalue weighted by Gasteiger charge is -2.24. The van der Waals surface area contributed by atoms with Crippen LogP contribution in [0.3, 0.4) is 0 Å². The zero-order valence-corrected chi connectivity index (χ0v) is 13.9. The number of rotatable bonds is 2. The monoisotopic (exact) mass is 370 g/mol. The number of nitriles is 1. The summed E-state index contributed by atoms with van der Waals surface area (Å²) in [7, 11) is 0. The Kier molecular flexibility index (Phi) is 4.33. The maximum Gasteiger partial charge on any atom is 0.103 e. The van der Waals surface area contributed by atoms with Crippen molar-refractivity contribution in [3.8, 4) is 6.07 Å². The van der Waals surface area contributed by atoms with Gasteiger partial charge in [-0.3, -0.25) is 0 Å². The molecule has 0 fully saturated rings. The fourth-order valence-corrected chi connectivity index (χ4v) is 3.11. The second-order valence-electron chi connectivity index (χ2n) is 4.92. The van der Waals surface area contributed by atoms with Crippen LogP contribution >= 0.6 is 27.5 Å². The van der Waals surface area contributed by atoms with Crippen molar-refractivity contribution in [2.45, 2.75) is 6.04 Å². The van der Waals surface area contributed by atoms with Crippen molar-refractivity contribution in [3.63, 3.8) is 0 Å². The predicted octanol–water partition coefficient (Wildman–Crippen LogP) is 5.20. The van der Waals surface area contributed by atoms with E-state index in [-0.39, 0.29) is 6.04 Å². The van der Waals surface area contributed by atoms with Crippen molar-refractivity contribution in [3.05, 3.63) is 87.0 Å². The van der Waals surface area contributed by atoms with Crippen LogP contribution in [0.25, 0.3) is 5.57 Å². The lowest BCUT2D eigenvalue weighted by atomic mass is 9.92. The summed E-state index contributed by atoms with van der Waals surface area (Å²) in [6, 6.07) is 19.9. The van der Waals surface area contributed by atoms with Gasteiger partial charge in [-0.25, -0.2) is 0 Å². The van der Waals surface area contributed by atoms with Crippen molar-refractivity contribution in [1.29, 1.82) is 5.26 Å². The third-order valence-corrected chi connectivity index (χ3v) is 4.41. The first kappa shape index (κ1) is 14.9. The smallest absolute Gasteiger partial charge is 0.103 e. The molecule has 2 aromatic carbocycles. The molecule has 1 N–H and O–H groups in total. The zero-order valence-electron chi connectivity index (χ0n) is 11.6. The number of allylic oxidation sites excluding steroid dienone is 2. The molecule has 1 aliphatic rings. The molecule has 2 aromatic rings. The Morgan fingerprint density at radius 1 is 1.05 bits per heavy atom. The Bertz CT molecular complexity index is 786. The van der Waals surface area contributed by atoms with E-state index < -0.39 is 0 Å². The van der Waals surface area contributed by atoms with Gasteiger partial charge in [-0.15, -0.1) is 0 Å². The summed E-state index contributed by atoms with van der Waals surface area (Å²) < 4.78 is 0.705. The molecule has 0 amide bonds. The van der Waals surface area contributed by atoms with Crippen molar-refractivity contribution in [1.82, 2.24) is 5.32 Å². The zero-order chi connectivity index (χ0) is 15.5. The van der Waals surface area contributed by atoms with Crippen molar-refractivity contribution < 1.29 is 0 Å². The quantitative estimate of drug-likeness (QED) is 0.737. The molecule has 0 bridgehead atoms. The summed E-state index contributed by atoms with van der Waals surface area (Å²) in [6.45, 7) is 0. The number of hydrogen-bond donors (Lipinski definition) is 1. The largest absolute Gasteiger partial charge is 0.368 e. The van der Waals surface area contributed by atoms with Gasteiger partial charge >= 0.3 is 0 Å². The summed E-state index contributed by atoms with van der Waals surface area (Å²) in [5.41, 5.74) is 3.65. The minimum atomic E-state index is -0.0149. The van der Waals surface area contributed by atoms with E-state index >= 15 is 0 Å². The maximum atomic E-state index is 9.45. The topological polar surface area (TPSA) is 35.8 Å². The third kappa shape index (κ3) is 2.94. The molecule has 0 spiro atoms. The Labute approximate surface area is 142 Å². The highest BCUT2D eigenvalue weighted by molar-refractivity contribution is 9.11. The second kappa shape index (κ2) is 6.39. The van der Waals surface area contributed by atoms with Gasteiger partial charge in [0.1, 0.15) is 6.07 Å². The minimum absolute atomic E-state index is 0.0149. The van der Waals surface area contributed by atoms with Crippen molar-refractivity contribution in [2.75, 3.05) is 0 Å². The fraction of sp³-hybridized carbons (Fsp3) is 0.0556. The van der Waals surface area contributed by atoms with Crippen LogP contribution in [0.5, 0.6) is 0 Å². The number of halogens is 2. The van der Waals surface area contributed by atoms with Gasteiger partial charge in [0.25, 0.3) is 0 Å². The van der Waals surface area contributed by atoms with Gasteiger partial charge in [0.15, 0.2) is 0 Å². The average Bonchev–Trinajstić information content (AvgIpc) is 2.55. The predicted molar refractivity (Wildman–Crippen MR) is 93.3 cm³/mol. The molecule has 108 valence electrons. The summed E-state index contributed by atoms with van der Waals surface area (Å²) in [5.74, 6) is 0. The van der Waals surface area contributed by atoms with E-state index in [9.17, 15) is 5.26 Å². The molecule has 0 aromatic heterocycles. The minimum Gasteiger partial charge on any atom is -0.368 e. The van der Waals surface area contributed by atoms with Gasteiger partial charge in [0.05, 0.1) is 16.2 Å². The number of benzene rings is 2. The molecule has 22 heavy (non-hydrogen) atoms. The number of dihydropyridines is 1. The van der Waals surface area contributed by atoms with Crippen LogP contribution in [-0.2, 0) is 0 Å². The number of nitrogens with one attached hydrogen (secondary N) is 1. The van der Waals surface area contributed by atoms with Gasteiger partial charge in [-0.2, -0.15) is 5.26 Å². The van der Waals surface area contributed by atoms with Gasteiger partial charge in [-0.05, 0) is 45.3 Å². The van der Waals surface area contributed by atoms with E-state index in [0.29, 0.717) is 15.2 Å². The highest BCUT2D eigenvalue weighted by Crippen LogP contribution is 2.35. The van der Waals surface area contributed by atoms with Crippen LogP contribution in [0.15, 0.2) is 70.9 Å². The highest BCUT2D eigenvalue weighted by Gasteiger charge is 2.22. The molecule has 0 saturated heterocycles. The lowest BCUT2D eigenvalue weighted by molar-refractivity contribution is 0.738. The van der Waals surface area contributed by atoms with Gasteiger partial charge in [-0.1, -0.05) is 54.1 Å². The number of hydrogen-bond acceptors (Lipinski definition) is 2. The van der Waals surface area contributed by atoms with Crippen LogP contribution in [0.2, 0.25) is 5.02 Å². The van der Waals surface area contributed by atoms with Gasteiger partial charge in [0, 0.05) is 10.6 Å². The van der Waals surface area contributed by atoms with E-state index in [1.165, 1.54) is 0 Å². The third-order valence-electron chi connectivity index (χ3n) is 3.53. The fourth-order valence-electron chi connectivity index (χ4n) is 2.44. The molecular formula is C18H12BrClN2. The molecule has 1 atom stereocenters. The Balaban J connectivity index is 2.06. The van der Waals surface area contributed by atoms with Crippen LogP contribution in [0.1, 0.15) is 17.2 Å². The van der Waals surface area contributed by atoms with Crippen LogP contribution in [0.4, 0.5) is 0 Å². The summed E-state index contributed by atoms with van der Waals surface area (Å²) in [6.07, 6.45) is 2.07. The van der Waals surface area contributed by atoms with Gasteiger partial charge < -0.3 is 5.32 Å². The van der Waals surface area contributed by atoms with Gasteiger partial charge in [0.2, 0.25) is 0 Å². The average molecular weight is 372 g/mol. The van der Waals surface area contributed by atoms with Crippen molar-refractivity contribution >= 4 is 33.1 Å². The molecule has 0 saturated carbocycles. The molecule has 0 radical (unpaired) electrons. The van der Waals surface area contributed by atoms with E-state index in [0.717, 1.165) is 16.7 Å². The van der Waals surface area contributed by atoms with E-state index in [1.807, 2.05) is 54.6 Å². The Hall–Kier alpha value is -2.02. The van der Waals surface area contributed by atoms with E-state index in [2.05, 4.69) is 33.4 Å². The SMILES string of the molecule is N#CC1=C(Br)NC(c2ccc(Cl)cc2)C=C1c1ccccc1. The first-order valence-corrected chi connectivity index (χ1v) is 7.95. The van der Waals surface area contributed by atoms with Crippen molar-refractivity contribution in [2.24, 2.45) is 0 Å². The number of nitrogens with zero attached hydrogens (tertiary/aromatic N) is 1. The normalized spacial score (nSPS) is 17.5. The summed E-state index contributed by atoms with van der Waals surface area (Å²) in [4.78, 5) is 0. The second-order valence-corrected chi connectivity index (χ2v) is 6.15. The lowest BCUT2D eigenvalue weighted by Crippen LogP contribution is -2.22. The van der Waals surface area contributed by atoms with Crippen LogP contribution < -0.4 is 5.32 Å². The first-order chi connectivity index (χ1) is 10.7. The molecule has 1 unspecified atom stereocenters. The Morgan fingerprint density at radius 2 is 1.73 bits per heavy atom. The Morgan fingerprint density at radius 3 is 2.36 bits per heavy atom. The standard InChI is InChI=1S/C18H12BrClN2/c19-18-16(11-21)15(12-4-2-1-3-5-12)10-17(22-18)13-6-8-14(20)9-7-13/h1-10,17,22H. The molecule has 4 heteroatoms. The highest BCUT2D eigenvalue weighted by atomic mass is 79.9. The van der Waals surface area contributed by atoms with E-state index in [4.69, 9.17) is 11.6 Å². The molecule has 3 rings (SSSR count). The van der Waals surface area contributed by atoms with Crippen LogP contribution in [0, 0.1) is 11.3 Å².